The predicted octanol–water partition coefficient (Wildman–Crippen LogP) is 13.2. The molecule has 10 aromatic rings. The van der Waals surface area contributed by atoms with E-state index in [0.717, 1.165) is 54.6 Å². The molecule has 1 aromatic heterocycles. The summed E-state index contributed by atoms with van der Waals surface area (Å²) in [5.41, 5.74) is 5.15. The molecule has 0 saturated carbocycles. The van der Waals surface area contributed by atoms with Crippen LogP contribution in [0.5, 0.6) is 0 Å². The van der Waals surface area contributed by atoms with E-state index in [9.17, 15) is 5.48 Å². The van der Waals surface area contributed by atoms with Crippen molar-refractivity contribution in [2.75, 3.05) is 0 Å². The molecule has 1 heterocycles. The third kappa shape index (κ3) is 3.97. The summed E-state index contributed by atoms with van der Waals surface area (Å²) in [5.74, 6) is 0. The molecule has 0 unspecified atom stereocenters. The Hall–Kier alpha value is -6.18. The van der Waals surface area contributed by atoms with Crippen molar-refractivity contribution < 1.29 is 15.4 Å². The molecule has 0 amide bonds. The Labute approximate surface area is 283 Å². The Morgan fingerprint density at radius 3 is 1.68 bits per heavy atom. The lowest BCUT2D eigenvalue weighted by Gasteiger charge is -2.18. The summed E-state index contributed by atoms with van der Waals surface area (Å²) >= 11 is 0. The van der Waals surface area contributed by atoms with Crippen molar-refractivity contribution in [1.29, 1.82) is 0 Å². The molecular weight excluding hydrogens is 569 g/mol. The molecule has 0 aliphatic carbocycles. The van der Waals surface area contributed by atoms with Crippen LogP contribution in [0.1, 0.15) is 11.0 Å². The second kappa shape index (κ2) is 10.2. The van der Waals surface area contributed by atoms with E-state index in [1.807, 2.05) is 121 Å². The van der Waals surface area contributed by atoms with Crippen LogP contribution < -0.4 is 0 Å². The van der Waals surface area contributed by atoms with E-state index in [-0.39, 0.29) is 45.7 Å². The smallest absolute Gasteiger partial charge is 0.136 e. The number of benzene rings is 9. The maximum Gasteiger partial charge on any atom is 0.136 e. The average Bonchev–Trinajstić information content (AvgIpc) is 3.61. The monoisotopic (exact) mass is 604 g/mol. The zero-order valence-electron chi connectivity index (χ0n) is 33.0. The van der Waals surface area contributed by atoms with Gasteiger partial charge in [0.2, 0.25) is 0 Å². The largest absolute Gasteiger partial charge is 0.456 e. The van der Waals surface area contributed by atoms with Crippen LogP contribution in [0.2, 0.25) is 0 Å². The highest BCUT2D eigenvalue weighted by Gasteiger charge is 2.18. The first-order valence-electron chi connectivity index (χ1n) is 19.5. The number of fused-ring (bicyclic) bond motifs is 8. The summed E-state index contributed by atoms with van der Waals surface area (Å²) in [6, 6.07) is 36.4. The van der Waals surface area contributed by atoms with Crippen LogP contribution in [0, 0.1) is 0 Å². The van der Waals surface area contributed by atoms with E-state index in [4.69, 9.17) is 9.90 Å². The molecule has 0 N–H and O–H groups in total. The van der Waals surface area contributed by atoms with Crippen LogP contribution in [-0.2, 0) is 0 Å². The topological polar surface area (TPSA) is 13.1 Å². The molecule has 0 radical (unpaired) electrons. The van der Waals surface area contributed by atoms with Crippen molar-refractivity contribution >= 4 is 65.0 Å². The van der Waals surface area contributed by atoms with Crippen LogP contribution in [-0.4, -0.2) is 0 Å². The maximum atomic E-state index is 9.32. The number of rotatable bonds is 3. The third-order valence-electron chi connectivity index (χ3n) is 9.30. The van der Waals surface area contributed by atoms with Crippen molar-refractivity contribution in [2.24, 2.45) is 0 Å². The fraction of sp³-hybridized carbons (Fsp3) is 0. The van der Waals surface area contributed by atoms with Gasteiger partial charge in [-0.2, -0.15) is 0 Å². The van der Waals surface area contributed by atoms with E-state index >= 15 is 0 Å². The molecule has 10 rings (SSSR count). The van der Waals surface area contributed by atoms with Gasteiger partial charge in [0, 0.05) is 10.8 Å². The lowest BCUT2D eigenvalue weighted by Crippen LogP contribution is -1.91. The number of hydrogen-bond acceptors (Lipinski definition) is 1. The Kier molecular flexibility index (Phi) is 4.19. The van der Waals surface area contributed by atoms with Crippen LogP contribution in [0.25, 0.3) is 98.4 Å². The van der Waals surface area contributed by atoms with Gasteiger partial charge in [-0.25, -0.2) is 0 Å². The van der Waals surface area contributed by atoms with Crippen LogP contribution in [0.3, 0.4) is 0 Å². The first-order valence-corrected chi connectivity index (χ1v) is 15.5. The molecule has 0 bridgehead atoms. The van der Waals surface area contributed by atoms with Gasteiger partial charge in [-0.15, -0.1) is 0 Å². The molecule has 0 saturated heterocycles. The molecule has 1 heteroatoms. The van der Waals surface area contributed by atoms with Gasteiger partial charge in [-0.3, -0.25) is 0 Å². The normalized spacial score (nSPS) is 14.2. The van der Waals surface area contributed by atoms with Gasteiger partial charge in [-0.05, 0) is 94.7 Å². The number of furan rings is 1. The standard InChI is InChI=1S/C46H28O/c1-2-11-34-29(10-1)22-25-32-28-33(26-27-35(32)34)45-39-14-5-3-12-37(39)44(38-13-4-6-15-40(38)45)31-23-20-30(21-24-31)36-17-9-19-43-46(36)41-16-7-8-18-42(41)47-43/h1-28H/i3D,4D,5D,6D,12D,13D,14D,15D. The second-order valence-electron chi connectivity index (χ2n) is 11.8. The van der Waals surface area contributed by atoms with Gasteiger partial charge in [0.25, 0.3) is 0 Å². The molecule has 0 atom stereocenters. The van der Waals surface area contributed by atoms with Crippen LogP contribution in [0.15, 0.2) is 174 Å². The Morgan fingerprint density at radius 2 is 0.936 bits per heavy atom. The van der Waals surface area contributed by atoms with Gasteiger partial charge in [-0.1, -0.05) is 151 Å². The van der Waals surface area contributed by atoms with Crippen molar-refractivity contribution in [3.63, 3.8) is 0 Å². The van der Waals surface area contributed by atoms with Crippen LogP contribution in [0.4, 0.5) is 0 Å². The summed E-state index contributed by atoms with van der Waals surface area (Å²) in [6.45, 7) is 0. The Bertz CT molecular complexity index is 3210. The van der Waals surface area contributed by atoms with Gasteiger partial charge in [0.05, 0.1) is 11.0 Å². The quantitative estimate of drug-likeness (QED) is 0.144. The second-order valence-corrected chi connectivity index (χ2v) is 11.8. The maximum absolute atomic E-state index is 9.32. The molecule has 47 heavy (non-hydrogen) atoms. The van der Waals surface area contributed by atoms with Crippen molar-refractivity contribution in [2.45, 2.75) is 0 Å². The summed E-state index contributed by atoms with van der Waals surface area (Å²) in [4.78, 5) is 0. The number of para-hydroxylation sites is 1. The summed E-state index contributed by atoms with van der Waals surface area (Å²) < 4.78 is 78.6. The van der Waals surface area contributed by atoms with E-state index in [0.29, 0.717) is 22.3 Å². The van der Waals surface area contributed by atoms with E-state index < -0.39 is 24.2 Å². The first-order chi connectivity index (χ1) is 26.6. The molecule has 0 spiro atoms. The Balaban J connectivity index is 1.31. The van der Waals surface area contributed by atoms with Gasteiger partial charge >= 0.3 is 0 Å². The van der Waals surface area contributed by atoms with E-state index in [2.05, 4.69) is 0 Å². The molecule has 0 fully saturated rings. The summed E-state index contributed by atoms with van der Waals surface area (Å²) in [6.07, 6.45) is 0. The molecule has 1 nitrogen and oxygen atoms in total. The minimum Gasteiger partial charge on any atom is -0.456 e. The van der Waals surface area contributed by atoms with Crippen molar-refractivity contribution in [1.82, 2.24) is 0 Å². The van der Waals surface area contributed by atoms with Gasteiger partial charge < -0.3 is 4.42 Å². The highest BCUT2D eigenvalue weighted by atomic mass is 16.3. The molecule has 0 aliphatic heterocycles. The van der Waals surface area contributed by atoms with E-state index in [1.165, 1.54) is 0 Å². The molecular formula is C46H28O. The lowest BCUT2D eigenvalue weighted by atomic mass is 9.85. The zero-order valence-corrected chi connectivity index (χ0v) is 25.0. The SMILES string of the molecule is [2H]c1c([2H])c([2H])c2c(-c3ccc4c(ccc5ccccc54)c3)c3c([2H])c([2H])c([2H])c([2H])c3c(-c3ccc(-c4cccc5oc6ccccc6c45)cc3)c2c1[2H]. The van der Waals surface area contributed by atoms with E-state index in [1.54, 1.807) is 0 Å². The highest BCUT2D eigenvalue weighted by molar-refractivity contribution is 6.22. The first kappa shape index (κ1) is 19.4. The molecule has 0 aliphatic rings. The van der Waals surface area contributed by atoms with Gasteiger partial charge in [0.1, 0.15) is 11.2 Å². The van der Waals surface area contributed by atoms with Crippen LogP contribution >= 0.6 is 0 Å². The minimum absolute atomic E-state index is 0.188. The predicted molar refractivity (Wildman–Crippen MR) is 200 cm³/mol. The zero-order chi connectivity index (χ0) is 37.9. The summed E-state index contributed by atoms with van der Waals surface area (Å²) in [7, 11) is 0. The van der Waals surface area contributed by atoms with Crippen molar-refractivity contribution in [3.8, 4) is 33.4 Å². The third-order valence-corrected chi connectivity index (χ3v) is 9.30. The molecule has 9 aromatic carbocycles. The lowest BCUT2D eigenvalue weighted by molar-refractivity contribution is 0.669. The minimum atomic E-state index is -0.426. The fourth-order valence-corrected chi connectivity index (χ4v) is 7.20. The average molecular weight is 605 g/mol. The molecule has 218 valence electrons. The fourth-order valence-electron chi connectivity index (χ4n) is 7.20. The number of hydrogen-bond donors (Lipinski definition) is 0. The van der Waals surface area contributed by atoms with Gasteiger partial charge in [0.15, 0.2) is 0 Å². The van der Waals surface area contributed by atoms with Crippen molar-refractivity contribution in [3.05, 3.63) is 170 Å². The highest BCUT2D eigenvalue weighted by Crippen LogP contribution is 2.45. The summed E-state index contributed by atoms with van der Waals surface area (Å²) in [5, 5.41) is 6.73. The Morgan fingerprint density at radius 1 is 0.383 bits per heavy atom.